The standard InChI is InChI=1S/C26H34N4O4S/c1-16(17-9-6-5-7-10-17)22(31)29-24-28-21-19(11-8-12-20(21)35-24)23(32)27-18-13-14-30(15-18)25(33)34-26(2,3)4/h5-7,9-10,16,18-19H,8,11-15H2,1-4H3,(H,27,32)(H,28,29,31). The van der Waals surface area contributed by atoms with E-state index in [1.807, 2.05) is 58.0 Å². The SMILES string of the molecule is CC(C(=O)Nc1nc2c(s1)CCCC2C(=O)NC1CCN(C(=O)OC(C)(C)C)C1)c1ccccc1. The van der Waals surface area contributed by atoms with Gasteiger partial charge in [-0.05, 0) is 58.9 Å². The molecule has 4 rings (SSSR count). The van der Waals surface area contributed by atoms with E-state index in [0.29, 0.717) is 24.6 Å². The molecule has 0 saturated carbocycles. The minimum atomic E-state index is -0.548. The molecule has 188 valence electrons. The number of carbonyl (C=O) groups excluding carboxylic acids is 3. The Morgan fingerprint density at radius 2 is 1.91 bits per heavy atom. The minimum absolute atomic E-state index is 0.0668. The highest BCUT2D eigenvalue weighted by Gasteiger charge is 2.35. The smallest absolute Gasteiger partial charge is 0.410 e. The van der Waals surface area contributed by atoms with Gasteiger partial charge in [0.05, 0.1) is 17.5 Å². The molecule has 1 fully saturated rings. The number of hydrogen-bond acceptors (Lipinski definition) is 6. The first kappa shape index (κ1) is 25.2. The topological polar surface area (TPSA) is 101 Å². The van der Waals surface area contributed by atoms with Crippen LogP contribution in [0, 0.1) is 0 Å². The summed E-state index contributed by atoms with van der Waals surface area (Å²) in [6, 6.07) is 9.53. The molecule has 2 N–H and O–H groups in total. The molecular formula is C26H34N4O4S. The minimum Gasteiger partial charge on any atom is -0.444 e. The summed E-state index contributed by atoms with van der Waals surface area (Å²) in [6.07, 6.45) is 2.82. The number of rotatable bonds is 5. The van der Waals surface area contributed by atoms with Gasteiger partial charge in [-0.25, -0.2) is 9.78 Å². The number of aromatic nitrogens is 1. The molecule has 0 spiro atoms. The molecule has 2 heterocycles. The van der Waals surface area contributed by atoms with Crippen LogP contribution in [-0.2, 0) is 20.7 Å². The second-order valence-corrected chi connectivity index (χ2v) is 11.4. The number of anilines is 1. The largest absolute Gasteiger partial charge is 0.444 e. The molecule has 35 heavy (non-hydrogen) atoms. The van der Waals surface area contributed by atoms with Crippen molar-refractivity contribution in [1.29, 1.82) is 0 Å². The number of thiazole rings is 1. The van der Waals surface area contributed by atoms with Gasteiger partial charge in [0.1, 0.15) is 5.60 Å². The lowest BCUT2D eigenvalue weighted by molar-refractivity contribution is -0.123. The maximum atomic E-state index is 13.2. The van der Waals surface area contributed by atoms with Crippen molar-refractivity contribution < 1.29 is 19.1 Å². The van der Waals surface area contributed by atoms with Crippen LogP contribution in [0.5, 0.6) is 0 Å². The van der Waals surface area contributed by atoms with Gasteiger partial charge in [0.15, 0.2) is 5.13 Å². The Morgan fingerprint density at radius 1 is 1.17 bits per heavy atom. The third-order valence-corrected chi connectivity index (χ3v) is 7.43. The Balaban J connectivity index is 1.37. The van der Waals surface area contributed by atoms with Gasteiger partial charge < -0.3 is 20.3 Å². The monoisotopic (exact) mass is 498 g/mol. The Labute approximate surface area is 210 Å². The maximum absolute atomic E-state index is 13.2. The van der Waals surface area contributed by atoms with Crippen molar-refractivity contribution in [2.75, 3.05) is 18.4 Å². The van der Waals surface area contributed by atoms with Gasteiger partial charge in [0.2, 0.25) is 11.8 Å². The normalized spacial score (nSPS) is 20.6. The first-order valence-electron chi connectivity index (χ1n) is 12.2. The van der Waals surface area contributed by atoms with Crippen LogP contribution in [0.4, 0.5) is 9.93 Å². The summed E-state index contributed by atoms with van der Waals surface area (Å²) in [5.41, 5.74) is 1.16. The van der Waals surface area contributed by atoms with Crippen LogP contribution in [0.1, 0.15) is 74.9 Å². The number of amides is 3. The molecule has 0 radical (unpaired) electrons. The Hall–Kier alpha value is -2.94. The van der Waals surface area contributed by atoms with Crippen molar-refractivity contribution in [2.24, 2.45) is 0 Å². The van der Waals surface area contributed by atoms with Crippen molar-refractivity contribution in [3.05, 3.63) is 46.5 Å². The predicted octanol–water partition coefficient (Wildman–Crippen LogP) is 4.43. The van der Waals surface area contributed by atoms with E-state index in [9.17, 15) is 14.4 Å². The van der Waals surface area contributed by atoms with Crippen LogP contribution in [0.25, 0.3) is 0 Å². The second-order valence-electron chi connectivity index (χ2n) is 10.3. The molecular weight excluding hydrogens is 464 g/mol. The van der Waals surface area contributed by atoms with Crippen molar-refractivity contribution >= 4 is 34.4 Å². The molecule has 1 aliphatic carbocycles. The molecule has 3 atom stereocenters. The van der Waals surface area contributed by atoms with Gasteiger partial charge in [-0.1, -0.05) is 30.3 Å². The fourth-order valence-corrected chi connectivity index (χ4v) is 5.57. The van der Waals surface area contributed by atoms with Crippen LogP contribution in [0.15, 0.2) is 30.3 Å². The van der Waals surface area contributed by atoms with E-state index in [1.54, 1.807) is 4.90 Å². The number of likely N-dealkylation sites (tertiary alicyclic amines) is 1. The van der Waals surface area contributed by atoms with Crippen molar-refractivity contribution in [1.82, 2.24) is 15.2 Å². The van der Waals surface area contributed by atoms with Crippen molar-refractivity contribution in [2.45, 2.75) is 76.9 Å². The predicted molar refractivity (Wildman–Crippen MR) is 136 cm³/mol. The van der Waals surface area contributed by atoms with Crippen LogP contribution in [-0.4, -0.2) is 52.5 Å². The molecule has 1 aromatic carbocycles. The molecule has 2 aromatic rings. The zero-order valence-electron chi connectivity index (χ0n) is 20.8. The third kappa shape index (κ3) is 6.20. The summed E-state index contributed by atoms with van der Waals surface area (Å²) in [5.74, 6) is -0.825. The highest BCUT2D eigenvalue weighted by molar-refractivity contribution is 7.15. The molecule has 1 aromatic heterocycles. The summed E-state index contributed by atoms with van der Waals surface area (Å²) < 4.78 is 5.45. The fourth-order valence-electron chi connectivity index (χ4n) is 4.51. The Bertz CT molecular complexity index is 1080. The fraction of sp³-hybridized carbons (Fsp3) is 0.538. The zero-order chi connectivity index (χ0) is 25.2. The number of nitrogens with zero attached hydrogens (tertiary/aromatic N) is 2. The zero-order valence-corrected chi connectivity index (χ0v) is 21.6. The molecule has 2 aliphatic rings. The van der Waals surface area contributed by atoms with E-state index in [2.05, 4.69) is 15.6 Å². The number of hydrogen-bond donors (Lipinski definition) is 2. The van der Waals surface area contributed by atoms with Gasteiger partial charge in [-0.2, -0.15) is 0 Å². The first-order chi connectivity index (χ1) is 16.6. The average Bonchev–Trinajstić information content (AvgIpc) is 3.44. The van der Waals surface area contributed by atoms with E-state index < -0.39 is 5.60 Å². The lowest BCUT2D eigenvalue weighted by atomic mass is 9.90. The number of benzene rings is 1. The van der Waals surface area contributed by atoms with E-state index in [1.165, 1.54) is 11.3 Å². The summed E-state index contributed by atoms with van der Waals surface area (Å²) in [7, 11) is 0. The average molecular weight is 499 g/mol. The highest BCUT2D eigenvalue weighted by atomic mass is 32.1. The van der Waals surface area contributed by atoms with Gasteiger partial charge in [-0.15, -0.1) is 11.3 Å². The Kier molecular flexibility index (Phi) is 7.44. The summed E-state index contributed by atoms with van der Waals surface area (Å²) in [4.78, 5) is 45.7. The number of carbonyl (C=O) groups is 3. The molecule has 0 bridgehead atoms. The lowest BCUT2D eigenvalue weighted by Gasteiger charge is -2.25. The number of nitrogens with one attached hydrogen (secondary N) is 2. The quantitative estimate of drug-likeness (QED) is 0.635. The van der Waals surface area contributed by atoms with Crippen LogP contribution in [0.2, 0.25) is 0 Å². The van der Waals surface area contributed by atoms with Crippen LogP contribution >= 0.6 is 11.3 Å². The molecule has 8 nitrogen and oxygen atoms in total. The van der Waals surface area contributed by atoms with E-state index in [4.69, 9.17) is 4.74 Å². The number of aryl methyl sites for hydroxylation is 1. The van der Waals surface area contributed by atoms with E-state index >= 15 is 0 Å². The summed E-state index contributed by atoms with van der Waals surface area (Å²) >= 11 is 1.46. The maximum Gasteiger partial charge on any atom is 0.410 e. The highest BCUT2D eigenvalue weighted by Crippen LogP contribution is 2.37. The van der Waals surface area contributed by atoms with Crippen molar-refractivity contribution in [3.8, 4) is 0 Å². The van der Waals surface area contributed by atoms with Gasteiger partial charge in [0.25, 0.3) is 0 Å². The molecule has 9 heteroatoms. The molecule has 1 saturated heterocycles. The number of fused-ring (bicyclic) bond motifs is 1. The molecule has 3 amide bonds. The summed E-state index contributed by atoms with van der Waals surface area (Å²) in [6.45, 7) is 8.39. The van der Waals surface area contributed by atoms with Crippen LogP contribution in [0.3, 0.4) is 0 Å². The number of ether oxygens (including phenoxy) is 1. The Morgan fingerprint density at radius 3 is 2.63 bits per heavy atom. The summed E-state index contributed by atoms with van der Waals surface area (Å²) in [5, 5.41) is 6.60. The third-order valence-electron chi connectivity index (χ3n) is 6.38. The molecule has 1 aliphatic heterocycles. The van der Waals surface area contributed by atoms with Crippen molar-refractivity contribution in [3.63, 3.8) is 0 Å². The van der Waals surface area contributed by atoms with Gasteiger partial charge in [0, 0.05) is 24.0 Å². The van der Waals surface area contributed by atoms with Crippen LogP contribution < -0.4 is 10.6 Å². The lowest BCUT2D eigenvalue weighted by Crippen LogP contribution is -2.42. The first-order valence-corrected chi connectivity index (χ1v) is 13.1. The van der Waals surface area contributed by atoms with E-state index in [0.717, 1.165) is 35.4 Å². The van der Waals surface area contributed by atoms with Gasteiger partial charge >= 0.3 is 6.09 Å². The molecule has 3 unspecified atom stereocenters. The second kappa shape index (κ2) is 10.4. The van der Waals surface area contributed by atoms with Gasteiger partial charge in [-0.3, -0.25) is 9.59 Å². The van der Waals surface area contributed by atoms with E-state index in [-0.39, 0.29) is 35.8 Å².